The molecular formula is C14H21N3O. The number of carbonyl (C=O) groups excluding carboxylic acids is 1. The summed E-state index contributed by atoms with van der Waals surface area (Å²) >= 11 is 0. The van der Waals surface area contributed by atoms with E-state index in [0.717, 1.165) is 5.56 Å². The highest BCUT2D eigenvalue weighted by atomic mass is 16.1. The van der Waals surface area contributed by atoms with Gasteiger partial charge in [0.15, 0.2) is 0 Å². The third kappa shape index (κ3) is 3.81. The molecule has 1 amide bonds. The van der Waals surface area contributed by atoms with E-state index in [1.807, 2.05) is 19.1 Å². The normalized spacial score (nSPS) is 17.6. The predicted molar refractivity (Wildman–Crippen MR) is 71.1 cm³/mol. The lowest BCUT2D eigenvalue weighted by Gasteiger charge is -2.16. The number of nitrogens with zero attached hydrogens (tertiary/aromatic N) is 1. The van der Waals surface area contributed by atoms with E-state index in [1.54, 1.807) is 12.4 Å². The number of hydrogen-bond donors (Lipinski definition) is 2. The highest BCUT2D eigenvalue weighted by molar-refractivity contribution is 5.78. The van der Waals surface area contributed by atoms with E-state index in [0.29, 0.717) is 12.6 Å². The van der Waals surface area contributed by atoms with Gasteiger partial charge < -0.3 is 10.6 Å². The maximum atomic E-state index is 11.8. The summed E-state index contributed by atoms with van der Waals surface area (Å²) in [4.78, 5) is 15.8. The van der Waals surface area contributed by atoms with Crippen LogP contribution in [0.1, 0.15) is 44.2 Å². The zero-order valence-electron chi connectivity index (χ0n) is 10.9. The minimum Gasteiger partial charge on any atom is -0.348 e. The monoisotopic (exact) mass is 247 g/mol. The summed E-state index contributed by atoms with van der Waals surface area (Å²) in [5.41, 5.74) is 1.03. The fraction of sp³-hybridized carbons (Fsp3) is 0.571. The molecule has 1 aromatic heterocycles. The van der Waals surface area contributed by atoms with Gasteiger partial charge in [-0.25, -0.2) is 0 Å². The Morgan fingerprint density at radius 3 is 2.94 bits per heavy atom. The van der Waals surface area contributed by atoms with Gasteiger partial charge in [0.2, 0.25) is 5.91 Å². The van der Waals surface area contributed by atoms with Crippen LogP contribution >= 0.6 is 0 Å². The fourth-order valence-corrected chi connectivity index (χ4v) is 2.37. The van der Waals surface area contributed by atoms with Gasteiger partial charge in [-0.2, -0.15) is 0 Å². The molecule has 0 bridgehead atoms. The molecule has 4 nitrogen and oxygen atoms in total. The van der Waals surface area contributed by atoms with E-state index in [1.165, 1.54) is 25.7 Å². The van der Waals surface area contributed by atoms with Gasteiger partial charge in [0, 0.05) is 18.4 Å². The van der Waals surface area contributed by atoms with Gasteiger partial charge in [0.1, 0.15) is 0 Å². The summed E-state index contributed by atoms with van der Waals surface area (Å²) in [6.07, 6.45) is 8.49. The number of pyridine rings is 1. The second-order valence-electron chi connectivity index (χ2n) is 4.94. The lowest BCUT2D eigenvalue weighted by atomic mass is 10.1. The minimum absolute atomic E-state index is 0.0107. The molecule has 0 aromatic carbocycles. The van der Waals surface area contributed by atoms with Gasteiger partial charge in [-0.1, -0.05) is 18.9 Å². The van der Waals surface area contributed by atoms with Crippen molar-refractivity contribution in [2.75, 3.05) is 6.54 Å². The predicted octanol–water partition coefficient (Wildman–Crippen LogP) is 1.79. The summed E-state index contributed by atoms with van der Waals surface area (Å²) in [6, 6.07) is 4.40. The third-order valence-corrected chi connectivity index (χ3v) is 3.47. The van der Waals surface area contributed by atoms with Crippen LogP contribution in [0.4, 0.5) is 0 Å². The number of hydrogen-bond acceptors (Lipinski definition) is 3. The molecule has 1 unspecified atom stereocenters. The molecule has 1 aromatic rings. The van der Waals surface area contributed by atoms with Crippen LogP contribution in [0.15, 0.2) is 24.5 Å². The number of nitrogens with one attached hydrogen (secondary N) is 2. The Bertz CT molecular complexity index is 374. The molecule has 0 saturated heterocycles. The van der Waals surface area contributed by atoms with Crippen LogP contribution in [0.5, 0.6) is 0 Å². The largest absolute Gasteiger partial charge is 0.348 e. The molecule has 4 heteroatoms. The summed E-state index contributed by atoms with van der Waals surface area (Å²) < 4.78 is 0. The highest BCUT2D eigenvalue weighted by Gasteiger charge is 2.16. The first-order chi connectivity index (χ1) is 8.75. The van der Waals surface area contributed by atoms with Gasteiger partial charge in [-0.15, -0.1) is 0 Å². The Balaban J connectivity index is 1.73. The second-order valence-corrected chi connectivity index (χ2v) is 4.94. The van der Waals surface area contributed by atoms with Crippen LogP contribution in [0.25, 0.3) is 0 Å². The van der Waals surface area contributed by atoms with Crippen LogP contribution < -0.4 is 10.6 Å². The number of carbonyl (C=O) groups is 1. The van der Waals surface area contributed by atoms with E-state index in [2.05, 4.69) is 15.6 Å². The molecule has 1 aliphatic rings. The van der Waals surface area contributed by atoms with Gasteiger partial charge in [0.25, 0.3) is 0 Å². The second kappa shape index (κ2) is 6.50. The number of rotatable bonds is 5. The van der Waals surface area contributed by atoms with Crippen LogP contribution in [-0.2, 0) is 4.79 Å². The quantitative estimate of drug-likeness (QED) is 0.834. The van der Waals surface area contributed by atoms with Gasteiger partial charge in [-0.05, 0) is 31.4 Å². The SMILES string of the molecule is CC(NC(=O)CNC1CCCC1)c1cccnc1. The van der Waals surface area contributed by atoms with Crippen molar-refractivity contribution in [3.8, 4) is 0 Å². The highest BCUT2D eigenvalue weighted by Crippen LogP contribution is 2.17. The summed E-state index contributed by atoms with van der Waals surface area (Å²) in [6.45, 7) is 2.39. The lowest BCUT2D eigenvalue weighted by molar-refractivity contribution is -0.121. The fourth-order valence-electron chi connectivity index (χ4n) is 2.37. The average Bonchev–Trinajstić information content (AvgIpc) is 2.90. The van der Waals surface area contributed by atoms with Gasteiger partial charge >= 0.3 is 0 Å². The summed E-state index contributed by atoms with van der Waals surface area (Å²) in [7, 11) is 0. The van der Waals surface area contributed by atoms with E-state index < -0.39 is 0 Å². The van der Waals surface area contributed by atoms with E-state index in [9.17, 15) is 4.79 Å². The molecule has 98 valence electrons. The third-order valence-electron chi connectivity index (χ3n) is 3.47. The Morgan fingerprint density at radius 1 is 1.50 bits per heavy atom. The molecule has 1 saturated carbocycles. The van der Waals surface area contributed by atoms with Crippen molar-refractivity contribution < 1.29 is 4.79 Å². The lowest BCUT2D eigenvalue weighted by Crippen LogP contribution is -2.39. The van der Waals surface area contributed by atoms with E-state index in [-0.39, 0.29) is 11.9 Å². The first kappa shape index (κ1) is 13.0. The molecule has 0 spiro atoms. The van der Waals surface area contributed by atoms with Crippen LogP contribution in [-0.4, -0.2) is 23.5 Å². The molecule has 1 aliphatic carbocycles. The van der Waals surface area contributed by atoms with Crippen LogP contribution in [0.3, 0.4) is 0 Å². The summed E-state index contributed by atoms with van der Waals surface area (Å²) in [5, 5.41) is 6.29. The zero-order chi connectivity index (χ0) is 12.8. The smallest absolute Gasteiger partial charge is 0.234 e. The van der Waals surface area contributed by atoms with Gasteiger partial charge in [0.05, 0.1) is 12.6 Å². The Kier molecular flexibility index (Phi) is 4.70. The molecular weight excluding hydrogens is 226 g/mol. The van der Waals surface area contributed by atoms with Crippen molar-refractivity contribution in [3.63, 3.8) is 0 Å². The molecule has 1 atom stereocenters. The number of amides is 1. The van der Waals surface area contributed by atoms with E-state index in [4.69, 9.17) is 0 Å². The molecule has 1 fully saturated rings. The maximum Gasteiger partial charge on any atom is 0.234 e. The molecule has 18 heavy (non-hydrogen) atoms. The maximum absolute atomic E-state index is 11.8. The average molecular weight is 247 g/mol. The molecule has 1 heterocycles. The standard InChI is InChI=1S/C14H21N3O/c1-11(12-5-4-8-15-9-12)17-14(18)10-16-13-6-2-3-7-13/h4-5,8-9,11,13,16H,2-3,6-7,10H2,1H3,(H,17,18). The van der Waals surface area contributed by atoms with Crippen molar-refractivity contribution in [2.24, 2.45) is 0 Å². The topological polar surface area (TPSA) is 54.0 Å². The van der Waals surface area contributed by atoms with Crippen molar-refractivity contribution >= 4 is 5.91 Å². The van der Waals surface area contributed by atoms with Gasteiger partial charge in [-0.3, -0.25) is 9.78 Å². The number of aromatic nitrogens is 1. The Morgan fingerprint density at radius 2 is 2.28 bits per heavy atom. The van der Waals surface area contributed by atoms with Crippen molar-refractivity contribution in [3.05, 3.63) is 30.1 Å². The summed E-state index contributed by atoms with van der Waals surface area (Å²) in [5.74, 6) is 0.0539. The van der Waals surface area contributed by atoms with Crippen LogP contribution in [0, 0.1) is 0 Å². The zero-order valence-corrected chi connectivity index (χ0v) is 10.9. The first-order valence-electron chi connectivity index (χ1n) is 6.68. The molecule has 0 aliphatic heterocycles. The first-order valence-corrected chi connectivity index (χ1v) is 6.68. The van der Waals surface area contributed by atoms with Crippen molar-refractivity contribution in [1.82, 2.24) is 15.6 Å². The Labute approximate surface area is 108 Å². The minimum atomic E-state index is 0.0107. The molecule has 2 rings (SSSR count). The molecule has 0 radical (unpaired) electrons. The Hall–Kier alpha value is -1.42. The van der Waals surface area contributed by atoms with Crippen LogP contribution in [0.2, 0.25) is 0 Å². The van der Waals surface area contributed by atoms with Crippen molar-refractivity contribution in [2.45, 2.75) is 44.7 Å². The van der Waals surface area contributed by atoms with E-state index >= 15 is 0 Å². The molecule has 2 N–H and O–H groups in total. The van der Waals surface area contributed by atoms with Crippen molar-refractivity contribution in [1.29, 1.82) is 0 Å².